The number of hydrogen-bond acceptors (Lipinski definition) is 3. The highest BCUT2D eigenvalue weighted by atomic mass is 79.9. The van der Waals surface area contributed by atoms with Crippen LogP contribution in [0, 0.1) is 6.92 Å². The number of halogens is 1. The summed E-state index contributed by atoms with van der Waals surface area (Å²) in [6.07, 6.45) is 0.722. The Kier molecular flexibility index (Phi) is 4.57. The number of carbonyl (C=O) groups excluding carboxylic acids is 1. The van der Waals surface area contributed by atoms with Gasteiger partial charge in [-0.3, -0.25) is 4.79 Å². The second-order valence-electron chi connectivity index (χ2n) is 5.54. The second kappa shape index (κ2) is 6.60. The Morgan fingerprint density at radius 2 is 1.95 bits per heavy atom. The summed E-state index contributed by atoms with van der Waals surface area (Å²) in [6.45, 7) is 2.01. The smallest absolute Gasteiger partial charge is 0.242 e. The number of hydrazine groups is 1. The molecule has 1 aliphatic rings. The first-order valence-corrected chi connectivity index (χ1v) is 8.05. The number of anilines is 1. The Bertz CT molecular complexity index is 672. The molecule has 2 aromatic rings. The van der Waals surface area contributed by atoms with E-state index in [0.29, 0.717) is 0 Å². The van der Waals surface area contributed by atoms with Gasteiger partial charge in [0.05, 0.1) is 0 Å². The van der Waals surface area contributed by atoms with E-state index in [1.807, 2.05) is 43.3 Å². The molecule has 1 saturated heterocycles. The molecule has 5 heteroatoms. The molecule has 2 aromatic carbocycles. The molecule has 1 heterocycles. The Labute approximate surface area is 138 Å². The van der Waals surface area contributed by atoms with Gasteiger partial charge in [-0.15, -0.1) is 0 Å². The zero-order valence-electron chi connectivity index (χ0n) is 12.3. The quantitative estimate of drug-likeness (QED) is 0.787. The Morgan fingerprint density at radius 3 is 2.68 bits per heavy atom. The lowest BCUT2D eigenvalue weighted by molar-refractivity contribution is -0.117. The van der Waals surface area contributed by atoms with E-state index >= 15 is 0 Å². The van der Waals surface area contributed by atoms with Gasteiger partial charge < -0.3 is 5.32 Å². The zero-order valence-corrected chi connectivity index (χ0v) is 13.9. The molecule has 4 nitrogen and oxygen atoms in total. The highest BCUT2D eigenvalue weighted by Gasteiger charge is 2.30. The van der Waals surface area contributed by atoms with E-state index < -0.39 is 0 Å². The summed E-state index contributed by atoms with van der Waals surface area (Å²) >= 11 is 3.43. The molecule has 1 aliphatic heterocycles. The van der Waals surface area contributed by atoms with Crippen LogP contribution in [-0.4, -0.2) is 11.9 Å². The van der Waals surface area contributed by atoms with Crippen molar-refractivity contribution < 1.29 is 4.79 Å². The summed E-state index contributed by atoms with van der Waals surface area (Å²) < 4.78 is 1.05. The van der Waals surface area contributed by atoms with Crippen LogP contribution in [0.5, 0.6) is 0 Å². The summed E-state index contributed by atoms with van der Waals surface area (Å²) in [6, 6.07) is 15.9. The molecule has 1 fully saturated rings. The Balaban J connectivity index is 1.62. The fraction of sp³-hybridized carbons (Fsp3) is 0.235. The molecule has 3 N–H and O–H groups in total. The summed E-state index contributed by atoms with van der Waals surface area (Å²) in [7, 11) is 0. The number of rotatable bonds is 3. The van der Waals surface area contributed by atoms with Gasteiger partial charge >= 0.3 is 0 Å². The third-order valence-electron chi connectivity index (χ3n) is 3.78. The topological polar surface area (TPSA) is 53.2 Å². The monoisotopic (exact) mass is 359 g/mol. The van der Waals surface area contributed by atoms with Crippen LogP contribution in [-0.2, 0) is 4.79 Å². The van der Waals surface area contributed by atoms with Crippen LogP contribution in [0.1, 0.15) is 23.6 Å². The van der Waals surface area contributed by atoms with Crippen molar-refractivity contribution in [2.24, 2.45) is 0 Å². The summed E-state index contributed by atoms with van der Waals surface area (Å²) in [5, 5.41) is 2.96. The molecule has 0 radical (unpaired) electrons. The Morgan fingerprint density at radius 1 is 1.18 bits per heavy atom. The van der Waals surface area contributed by atoms with Crippen LogP contribution in [0.3, 0.4) is 0 Å². The van der Waals surface area contributed by atoms with E-state index in [-0.39, 0.29) is 18.0 Å². The van der Waals surface area contributed by atoms with Crippen molar-refractivity contribution in [3.05, 3.63) is 64.1 Å². The average Bonchev–Trinajstić information content (AvgIpc) is 2.98. The van der Waals surface area contributed by atoms with Gasteiger partial charge in [0.1, 0.15) is 6.04 Å². The van der Waals surface area contributed by atoms with Crippen molar-refractivity contribution in [1.29, 1.82) is 0 Å². The van der Waals surface area contributed by atoms with E-state index in [1.165, 1.54) is 5.56 Å². The second-order valence-corrected chi connectivity index (χ2v) is 6.46. The van der Waals surface area contributed by atoms with Crippen molar-refractivity contribution in [2.75, 3.05) is 5.32 Å². The molecule has 2 atom stereocenters. The highest BCUT2D eigenvalue weighted by molar-refractivity contribution is 9.10. The zero-order chi connectivity index (χ0) is 15.5. The molecule has 3 rings (SSSR count). The minimum Gasteiger partial charge on any atom is -0.325 e. The van der Waals surface area contributed by atoms with Crippen LogP contribution < -0.4 is 16.2 Å². The number of carbonyl (C=O) groups is 1. The van der Waals surface area contributed by atoms with Gasteiger partial charge in [0.15, 0.2) is 0 Å². The predicted octanol–water partition coefficient (Wildman–Crippen LogP) is 3.30. The predicted molar refractivity (Wildman–Crippen MR) is 91.4 cm³/mol. The normalized spacial score (nSPS) is 20.8. The third-order valence-corrected chi connectivity index (χ3v) is 4.31. The number of benzene rings is 2. The van der Waals surface area contributed by atoms with E-state index in [1.54, 1.807) is 0 Å². The lowest BCUT2D eigenvalue weighted by Gasteiger charge is -2.11. The van der Waals surface area contributed by atoms with E-state index in [2.05, 4.69) is 44.2 Å². The van der Waals surface area contributed by atoms with Crippen LogP contribution in [0.4, 0.5) is 5.69 Å². The first kappa shape index (κ1) is 15.2. The SMILES string of the molecule is Cc1cccc(NC(=O)C2CC(c3ccc(Br)cc3)NN2)c1. The minimum atomic E-state index is -0.242. The molecule has 1 amide bonds. The molecule has 0 saturated carbocycles. The minimum absolute atomic E-state index is 0.0160. The summed E-state index contributed by atoms with van der Waals surface area (Å²) in [5.74, 6) is -0.0160. The lowest BCUT2D eigenvalue weighted by Crippen LogP contribution is -2.39. The van der Waals surface area contributed by atoms with Crippen molar-refractivity contribution >= 4 is 27.5 Å². The van der Waals surface area contributed by atoms with Gasteiger partial charge in [-0.25, -0.2) is 10.9 Å². The molecule has 22 heavy (non-hydrogen) atoms. The summed E-state index contributed by atoms with van der Waals surface area (Å²) in [4.78, 5) is 12.3. The Hall–Kier alpha value is -1.69. The molecule has 114 valence electrons. The highest BCUT2D eigenvalue weighted by Crippen LogP contribution is 2.24. The van der Waals surface area contributed by atoms with Gasteiger partial charge in [-0.05, 0) is 48.7 Å². The maximum absolute atomic E-state index is 12.3. The summed E-state index contributed by atoms with van der Waals surface area (Å²) in [5.41, 5.74) is 9.40. The fourth-order valence-electron chi connectivity index (χ4n) is 2.59. The number of nitrogens with one attached hydrogen (secondary N) is 3. The molecule has 0 aliphatic carbocycles. The van der Waals surface area contributed by atoms with Crippen molar-refractivity contribution in [1.82, 2.24) is 10.9 Å². The van der Waals surface area contributed by atoms with Crippen molar-refractivity contribution in [3.63, 3.8) is 0 Å². The maximum Gasteiger partial charge on any atom is 0.242 e. The first-order valence-electron chi connectivity index (χ1n) is 7.26. The van der Waals surface area contributed by atoms with E-state index in [9.17, 15) is 4.79 Å². The molecule has 2 unspecified atom stereocenters. The van der Waals surface area contributed by atoms with Crippen LogP contribution >= 0.6 is 15.9 Å². The number of aryl methyl sites for hydroxylation is 1. The third kappa shape index (κ3) is 3.55. The van der Waals surface area contributed by atoms with Crippen LogP contribution in [0.15, 0.2) is 53.0 Å². The molecule has 0 bridgehead atoms. The number of hydrogen-bond donors (Lipinski definition) is 3. The van der Waals surface area contributed by atoms with Crippen molar-refractivity contribution in [3.8, 4) is 0 Å². The van der Waals surface area contributed by atoms with E-state index in [0.717, 1.165) is 22.1 Å². The van der Waals surface area contributed by atoms with Crippen molar-refractivity contribution in [2.45, 2.75) is 25.4 Å². The van der Waals surface area contributed by atoms with Gasteiger partial charge in [-0.2, -0.15) is 0 Å². The van der Waals surface area contributed by atoms with Gasteiger partial charge in [-0.1, -0.05) is 40.2 Å². The lowest BCUT2D eigenvalue weighted by atomic mass is 10.0. The molecular weight excluding hydrogens is 342 g/mol. The first-order chi connectivity index (χ1) is 10.6. The maximum atomic E-state index is 12.3. The molecule has 0 spiro atoms. The largest absolute Gasteiger partial charge is 0.325 e. The molecular formula is C17H18BrN3O. The van der Waals surface area contributed by atoms with E-state index in [4.69, 9.17) is 0 Å². The van der Waals surface area contributed by atoms with Crippen LogP contribution in [0.2, 0.25) is 0 Å². The van der Waals surface area contributed by atoms with Crippen LogP contribution in [0.25, 0.3) is 0 Å². The fourth-order valence-corrected chi connectivity index (χ4v) is 2.86. The molecule has 0 aromatic heterocycles. The number of amides is 1. The standard InChI is InChI=1S/C17H18BrN3O/c1-11-3-2-4-14(9-11)19-17(22)16-10-15(20-21-16)12-5-7-13(18)8-6-12/h2-9,15-16,20-21H,10H2,1H3,(H,19,22). The van der Waals surface area contributed by atoms with Gasteiger partial charge in [0.2, 0.25) is 5.91 Å². The average molecular weight is 360 g/mol. The van der Waals surface area contributed by atoms with Gasteiger partial charge in [0, 0.05) is 16.2 Å². The van der Waals surface area contributed by atoms with Gasteiger partial charge in [0.25, 0.3) is 0 Å².